The first-order chi connectivity index (χ1) is 19.9. The van der Waals surface area contributed by atoms with Gasteiger partial charge in [-0.15, -0.1) is 10.2 Å². The maximum atomic E-state index is 16.5. The molecule has 8 nitrogen and oxygen atoms in total. The maximum absolute atomic E-state index is 16.5. The molecule has 9 rings (SSSR count). The lowest BCUT2D eigenvalue weighted by Crippen LogP contribution is -2.61. The van der Waals surface area contributed by atoms with Crippen molar-refractivity contribution in [2.45, 2.75) is 74.7 Å². The fourth-order valence-corrected chi connectivity index (χ4v) is 7.76. The molecule has 2 N–H and O–H groups in total. The van der Waals surface area contributed by atoms with E-state index < -0.39 is 17.5 Å². The molecular weight excluding hydrogens is 548 g/mol. The number of hydrogen-bond acceptors (Lipinski definition) is 8. The lowest BCUT2D eigenvalue weighted by Gasteiger charge is -2.46. The number of fused-ring (bicyclic) bond motifs is 5. The number of aromatic nitrogens is 4. The van der Waals surface area contributed by atoms with Crippen LogP contribution in [0, 0.1) is 17.7 Å². The average Bonchev–Trinajstić information content (AvgIpc) is 3.65. The van der Waals surface area contributed by atoms with Gasteiger partial charge in [0, 0.05) is 48.7 Å². The zero-order valence-corrected chi connectivity index (χ0v) is 23.3. The predicted octanol–water partition coefficient (Wildman–Crippen LogP) is 4.33. The van der Waals surface area contributed by atoms with Gasteiger partial charge < -0.3 is 15.3 Å². The summed E-state index contributed by atoms with van der Waals surface area (Å²) < 4.78 is 30.9. The lowest BCUT2D eigenvalue weighted by molar-refractivity contribution is 0.255. The van der Waals surface area contributed by atoms with Crippen molar-refractivity contribution in [2.24, 2.45) is 0 Å². The number of nitrogens with one attached hydrogen (secondary N) is 1. The third-order valence-electron chi connectivity index (χ3n) is 9.52. The zero-order valence-electron chi connectivity index (χ0n) is 22.5. The van der Waals surface area contributed by atoms with E-state index in [0.29, 0.717) is 35.4 Å². The van der Waals surface area contributed by atoms with E-state index >= 15 is 4.39 Å². The third kappa shape index (κ3) is 4.24. The minimum atomic E-state index is -0.904. The Morgan fingerprint density at radius 3 is 2.73 bits per heavy atom. The Labute approximate surface area is 241 Å². The van der Waals surface area contributed by atoms with Crippen LogP contribution in [-0.2, 0) is 0 Å². The first-order valence-electron chi connectivity index (χ1n) is 14.6. The minimum absolute atomic E-state index is 0.000725. The van der Waals surface area contributed by atoms with Crippen LogP contribution in [0.4, 0.5) is 14.6 Å². The number of benzene rings is 1. The van der Waals surface area contributed by atoms with Gasteiger partial charge in [0.05, 0.1) is 5.54 Å². The maximum Gasteiger partial charge on any atom is 0.207 e. The van der Waals surface area contributed by atoms with Gasteiger partial charge in [0.1, 0.15) is 23.1 Å². The van der Waals surface area contributed by atoms with E-state index in [1.807, 2.05) is 0 Å². The van der Waals surface area contributed by atoms with Crippen molar-refractivity contribution >= 4 is 28.5 Å². The van der Waals surface area contributed by atoms with Gasteiger partial charge in [-0.2, -0.15) is 0 Å². The van der Waals surface area contributed by atoms with E-state index in [-0.39, 0.29) is 40.3 Å². The summed E-state index contributed by atoms with van der Waals surface area (Å²) in [4.78, 5) is 13.7. The summed E-state index contributed by atoms with van der Waals surface area (Å²) in [7, 11) is 0. The summed E-state index contributed by atoms with van der Waals surface area (Å²) in [6.45, 7) is 2.76. The van der Waals surface area contributed by atoms with E-state index in [9.17, 15) is 9.50 Å². The number of phenols is 1. The van der Waals surface area contributed by atoms with Crippen LogP contribution in [0.3, 0.4) is 0 Å². The molecular formula is C30H30ClF2N7O. The number of nitrogens with zero attached hydrogens (tertiary/aromatic N) is 6. The highest BCUT2D eigenvalue weighted by Gasteiger charge is 2.48. The van der Waals surface area contributed by atoms with Gasteiger partial charge in [-0.25, -0.2) is 18.7 Å². The summed E-state index contributed by atoms with van der Waals surface area (Å²) >= 11 is 6.52. The quantitative estimate of drug-likeness (QED) is 0.445. The highest BCUT2D eigenvalue weighted by atomic mass is 35.5. The number of hydrogen-bond donors (Lipinski definition) is 2. The molecule has 2 bridgehead atoms. The number of piperidine rings is 2. The summed E-state index contributed by atoms with van der Waals surface area (Å²) in [6.07, 6.45) is 5.19. The number of phenolic OH excluding ortho intramolecular Hbond substituents is 1. The minimum Gasteiger partial charge on any atom is -0.508 e. The Bertz CT molecular complexity index is 1630. The average molecular weight is 578 g/mol. The molecule has 0 spiro atoms. The van der Waals surface area contributed by atoms with Crippen LogP contribution < -0.4 is 10.2 Å². The Kier molecular flexibility index (Phi) is 5.89. The van der Waals surface area contributed by atoms with Gasteiger partial charge in [-0.05, 0) is 74.6 Å². The smallest absolute Gasteiger partial charge is 0.207 e. The molecule has 0 amide bonds. The van der Waals surface area contributed by atoms with Crippen LogP contribution in [0.15, 0.2) is 12.1 Å². The molecule has 7 heterocycles. The highest BCUT2D eigenvalue weighted by Crippen LogP contribution is 2.49. The lowest BCUT2D eigenvalue weighted by atomic mass is 9.93. The summed E-state index contributed by atoms with van der Waals surface area (Å²) in [5.74, 6) is 6.65. The molecule has 2 aromatic heterocycles. The fourth-order valence-electron chi connectivity index (χ4n) is 7.39. The summed E-state index contributed by atoms with van der Waals surface area (Å²) in [6, 6.07) is 3.49. The SMILES string of the molecule is Oc1cc(Cl)c(C2CC2)c(-c2nnc3c(N4C[C@H]5CC[C@@H]4CN5)nc(C#C[C@@]45CCCN4C[C@H](F)C5)nc3c2F)c1. The second-order valence-electron chi connectivity index (χ2n) is 12.2. The second-order valence-corrected chi connectivity index (χ2v) is 12.6. The number of anilines is 1. The van der Waals surface area contributed by atoms with Gasteiger partial charge in [-0.1, -0.05) is 17.5 Å². The topological polar surface area (TPSA) is 90.3 Å². The van der Waals surface area contributed by atoms with Crippen molar-refractivity contribution in [3.8, 4) is 28.8 Å². The number of halogens is 3. The molecule has 4 atom stereocenters. The van der Waals surface area contributed by atoms with Crippen LogP contribution in [0.2, 0.25) is 5.02 Å². The molecule has 1 saturated carbocycles. The van der Waals surface area contributed by atoms with E-state index in [4.69, 9.17) is 16.6 Å². The molecule has 3 aromatic rings. The van der Waals surface area contributed by atoms with Crippen molar-refractivity contribution in [3.63, 3.8) is 0 Å². The Morgan fingerprint density at radius 2 is 1.98 bits per heavy atom. The molecule has 212 valence electrons. The predicted molar refractivity (Wildman–Crippen MR) is 151 cm³/mol. The van der Waals surface area contributed by atoms with Gasteiger partial charge in [0.2, 0.25) is 5.82 Å². The number of rotatable bonds is 3. The second kappa shape index (κ2) is 9.45. The summed E-state index contributed by atoms with van der Waals surface area (Å²) in [5, 5.41) is 23.1. The molecule has 41 heavy (non-hydrogen) atoms. The fraction of sp³-hybridized carbons (Fsp3) is 0.533. The molecule has 5 saturated heterocycles. The third-order valence-corrected chi connectivity index (χ3v) is 9.83. The van der Waals surface area contributed by atoms with Crippen molar-refractivity contribution in [1.82, 2.24) is 30.4 Å². The standard InChI is InChI=1S/C30H30ClF2N7O/c31-22-11-20(41)10-21(24(22)16-2-3-16)26-25(33)27-28(38-37-26)29(40-15-18-4-5-19(40)13-34-18)36-23(35-27)6-8-30-7-1-9-39(30)14-17(32)12-30/h10-11,16-19,34,41H,1-5,7,9,12-15H2/t17-,18-,19-,30-/m1/s1. The van der Waals surface area contributed by atoms with Crippen LogP contribution in [-0.4, -0.2) is 80.1 Å². The Morgan fingerprint density at radius 1 is 1.10 bits per heavy atom. The molecule has 6 aliphatic rings. The number of piperazine rings is 1. The van der Waals surface area contributed by atoms with Gasteiger partial charge in [0.15, 0.2) is 17.2 Å². The number of alkyl halides is 1. The van der Waals surface area contributed by atoms with Crippen molar-refractivity contribution in [1.29, 1.82) is 0 Å². The van der Waals surface area contributed by atoms with Crippen LogP contribution in [0.5, 0.6) is 5.75 Å². The Balaban J connectivity index is 1.30. The van der Waals surface area contributed by atoms with Gasteiger partial charge in [0.25, 0.3) is 0 Å². The molecule has 6 fully saturated rings. The highest BCUT2D eigenvalue weighted by molar-refractivity contribution is 6.32. The first-order valence-corrected chi connectivity index (χ1v) is 15.0. The Hall–Kier alpha value is -3.13. The molecule has 5 aliphatic heterocycles. The largest absolute Gasteiger partial charge is 0.508 e. The van der Waals surface area contributed by atoms with Gasteiger partial charge >= 0.3 is 0 Å². The van der Waals surface area contributed by atoms with Crippen LogP contribution >= 0.6 is 11.6 Å². The molecule has 1 aliphatic carbocycles. The van der Waals surface area contributed by atoms with E-state index in [0.717, 1.165) is 63.7 Å². The summed E-state index contributed by atoms with van der Waals surface area (Å²) in [5.41, 5.74) is 1.000. The van der Waals surface area contributed by atoms with E-state index in [1.165, 1.54) is 12.1 Å². The van der Waals surface area contributed by atoms with Crippen LogP contribution in [0.25, 0.3) is 22.3 Å². The molecule has 0 unspecified atom stereocenters. The number of aromatic hydroxyl groups is 1. The molecule has 11 heteroatoms. The van der Waals surface area contributed by atoms with E-state index in [1.54, 1.807) is 0 Å². The van der Waals surface area contributed by atoms with Crippen molar-refractivity contribution < 1.29 is 13.9 Å². The first kappa shape index (κ1) is 25.6. The van der Waals surface area contributed by atoms with E-state index in [2.05, 4.69) is 42.1 Å². The normalized spacial score (nSPS) is 29.1. The van der Waals surface area contributed by atoms with Crippen LogP contribution in [0.1, 0.15) is 62.3 Å². The van der Waals surface area contributed by atoms with Crippen molar-refractivity contribution in [2.75, 3.05) is 31.1 Å². The van der Waals surface area contributed by atoms with Crippen molar-refractivity contribution in [3.05, 3.63) is 34.4 Å². The molecule has 0 radical (unpaired) electrons. The molecule has 1 aromatic carbocycles. The monoisotopic (exact) mass is 577 g/mol. The zero-order chi connectivity index (χ0) is 27.9. The van der Waals surface area contributed by atoms with Gasteiger partial charge in [-0.3, -0.25) is 4.90 Å².